The van der Waals surface area contributed by atoms with Gasteiger partial charge in [-0.1, -0.05) is 48.5 Å². The van der Waals surface area contributed by atoms with Gasteiger partial charge in [-0.3, -0.25) is 4.79 Å². The van der Waals surface area contributed by atoms with Crippen molar-refractivity contribution in [2.24, 2.45) is 0 Å². The van der Waals surface area contributed by atoms with Crippen LogP contribution in [0.2, 0.25) is 0 Å². The van der Waals surface area contributed by atoms with Crippen LogP contribution in [0.3, 0.4) is 0 Å². The number of nitrogens with one attached hydrogen (secondary N) is 2. The summed E-state index contributed by atoms with van der Waals surface area (Å²) in [7, 11) is 1.66. The first-order valence-electron chi connectivity index (χ1n) is 11.4. The van der Waals surface area contributed by atoms with E-state index < -0.39 is 0 Å². The lowest BCUT2D eigenvalue weighted by atomic mass is 9.97. The van der Waals surface area contributed by atoms with Gasteiger partial charge in [0.05, 0.1) is 7.11 Å². The minimum atomic E-state index is 0.484. The number of methoxy groups -OCH3 is 1. The van der Waals surface area contributed by atoms with Crippen molar-refractivity contribution in [3.05, 3.63) is 95.2 Å². The van der Waals surface area contributed by atoms with E-state index >= 15 is 0 Å². The van der Waals surface area contributed by atoms with Gasteiger partial charge in [0.25, 0.3) is 0 Å². The number of aryl methyl sites for hydroxylation is 2. The Labute approximate surface area is 194 Å². The first kappa shape index (κ1) is 22.5. The molecule has 0 saturated heterocycles. The predicted molar refractivity (Wildman–Crippen MR) is 132 cm³/mol. The second kappa shape index (κ2) is 11.2. The molecule has 0 atom stereocenters. The summed E-state index contributed by atoms with van der Waals surface area (Å²) in [6, 6.07) is 22.7. The van der Waals surface area contributed by atoms with Gasteiger partial charge in [0.2, 0.25) is 6.41 Å². The zero-order valence-electron chi connectivity index (χ0n) is 19.0. The fourth-order valence-corrected chi connectivity index (χ4v) is 4.19. The lowest BCUT2D eigenvalue weighted by Crippen LogP contribution is -2.15. The molecule has 5 heteroatoms. The van der Waals surface area contributed by atoms with E-state index in [2.05, 4.69) is 46.8 Å². The van der Waals surface area contributed by atoms with Crippen LogP contribution >= 0.6 is 0 Å². The third-order valence-corrected chi connectivity index (χ3v) is 5.91. The van der Waals surface area contributed by atoms with Crippen LogP contribution in [-0.2, 0) is 30.7 Å². The van der Waals surface area contributed by atoms with E-state index in [9.17, 15) is 4.79 Å². The molecular formula is C28H30N2O3. The molecule has 1 amide bonds. The summed E-state index contributed by atoms with van der Waals surface area (Å²) in [5, 5.41) is 4.05. The molecule has 0 aliphatic carbocycles. The highest BCUT2D eigenvalue weighted by molar-refractivity contribution is 5.83. The zero-order valence-corrected chi connectivity index (χ0v) is 19.0. The molecule has 0 saturated carbocycles. The molecule has 0 aliphatic heterocycles. The lowest BCUT2D eigenvalue weighted by Gasteiger charge is -2.17. The number of ether oxygens (including phenoxy) is 2. The summed E-state index contributed by atoms with van der Waals surface area (Å²) in [4.78, 5) is 14.1. The van der Waals surface area contributed by atoms with E-state index in [1.807, 2.05) is 36.4 Å². The minimum Gasteiger partial charge on any atom is -0.493 e. The smallest absolute Gasteiger partial charge is 0.207 e. The molecule has 4 aromatic rings. The molecule has 0 radical (unpaired) electrons. The number of hydrogen-bond acceptors (Lipinski definition) is 3. The number of benzene rings is 3. The van der Waals surface area contributed by atoms with Gasteiger partial charge >= 0.3 is 0 Å². The fourth-order valence-electron chi connectivity index (χ4n) is 4.19. The molecule has 33 heavy (non-hydrogen) atoms. The minimum absolute atomic E-state index is 0.484. The number of fused-ring (bicyclic) bond motifs is 1. The van der Waals surface area contributed by atoms with Crippen molar-refractivity contribution in [1.29, 1.82) is 0 Å². The van der Waals surface area contributed by atoms with Gasteiger partial charge < -0.3 is 19.8 Å². The van der Waals surface area contributed by atoms with E-state index in [1.54, 1.807) is 7.11 Å². The molecule has 0 bridgehead atoms. The topological polar surface area (TPSA) is 63.3 Å². The van der Waals surface area contributed by atoms with Crippen molar-refractivity contribution >= 4 is 17.3 Å². The van der Waals surface area contributed by atoms with Gasteiger partial charge in [-0.2, -0.15) is 0 Å². The van der Waals surface area contributed by atoms with Gasteiger partial charge in [0, 0.05) is 23.6 Å². The Morgan fingerprint density at radius 1 is 0.879 bits per heavy atom. The highest BCUT2D eigenvalue weighted by atomic mass is 16.5. The summed E-state index contributed by atoms with van der Waals surface area (Å²) in [6.45, 7) is 1.07. The predicted octanol–water partition coefficient (Wildman–Crippen LogP) is 5.22. The fraction of sp³-hybridized carbons (Fsp3) is 0.250. The Bertz CT molecular complexity index is 1180. The van der Waals surface area contributed by atoms with Crippen molar-refractivity contribution in [2.45, 2.75) is 32.3 Å². The van der Waals surface area contributed by atoms with E-state index in [0.717, 1.165) is 43.4 Å². The standard InChI is InChI=1S/C28H30N2O3/c1-32-27-16-23(14-15-29-20-31)22(17-28(27)33-19-21-8-3-2-4-9-21)10-7-11-24-18-30-26-13-6-5-12-25(24)26/h2-6,8-9,12-13,16-18,20,30H,7,10-11,14-15,19H2,1H3,(H,29,31). The van der Waals surface area contributed by atoms with E-state index in [1.165, 1.54) is 27.6 Å². The highest BCUT2D eigenvalue weighted by Gasteiger charge is 2.13. The molecule has 1 aromatic heterocycles. The number of carbonyl (C=O) groups excluding carboxylic acids is 1. The number of rotatable bonds is 12. The first-order valence-corrected chi connectivity index (χ1v) is 11.4. The van der Waals surface area contributed by atoms with Crippen molar-refractivity contribution in [1.82, 2.24) is 10.3 Å². The number of hydrogen-bond donors (Lipinski definition) is 2. The van der Waals surface area contributed by atoms with Gasteiger partial charge in [0.1, 0.15) is 6.61 Å². The zero-order chi connectivity index (χ0) is 22.9. The summed E-state index contributed by atoms with van der Waals surface area (Å²) < 4.78 is 11.8. The number of H-pyrrole nitrogens is 1. The van der Waals surface area contributed by atoms with E-state index in [4.69, 9.17) is 9.47 Å². The van der Waals surface area contributed by atoms with Gasteiger partial charge in [-0.05, 0) is 66.1 Å². The van der Waals surface area contributed by atoms with Crippen LogP contribution in [0.25, 0.3) is 10.9 Å². The average molecular weight is 443 g/mol. The van der Waals surface area contributed by atoms with Crippen LogP contribution in [0, 0.1) is 0 Å². The number of carbonyl (C=O) groups is 1. The quantitative estimate of drug-likeness (QED) is 0.234. The number of amides is 1. The van der Waals surface area contributed by atoms with Crippen LogP contribution in [0.15, 0.2) is 72.9 Å². The third kappa shape index (κ3) is 5.75. The van der Waals surface area contributed by atoms with Gasteiger partial charge in [0.15, 0.2) is 11.5 Å². The second-order valence-corrected chi connectivity index (χ2v) is 8.08. The largest absolute Gasteiger partial charge is 0.493 e. The molecular weight excluding hydrogens is 412 g/mol. The van der Waals surface area contributed by atoms with Crippen molar-refractivity contribution in [3.8, 4) is 11.5 Å². The number of aromatic nitrogens is 1. The lowest BCUT2D eigenvalue weighted by molar-refractivity contribution is -0.109. The van der Waals surface area contributed by atoms with Gasteiger partial charge in [-0.15, -0.1) is 0 Å². The average Bonchev–Trinajstić information content (AvgIpc) is 3.27. The van der Waals surface area contributed by atoms with Crippen LogP contribution in [0.1, 0.15) is 28.7 Å². The summed E-state index contributed by atoms with van der Waals surface area (Å²) >= 11 is 0. The monoisotopic (exact) mass is 442 g/mol. The molecule has 4 rings (SSSR count). The summed E-state index contributed by atoms with van der Waals surface area (Å²) in [5.41, 5.74) is 6.02. The molecule has 0 unspecified atom stereocenters. The maximum absolute atomic E-state index is 10.7. The molecule has 2 N–H and O–H groups in total. The molecule has 3 aromatic carbocycles. The SMILES string of the molecule is COc1cc(CCNC=O)c(CCCc2c[nH]c3ccccc23)cc1OCc1ccccc1. The summed E-state index contributed by atoms with van der Waals surface area (Å²) in [6.07, 6.45) is 6.52. The van der Waals surface area contributed by atoms with Crippen molar-refractivity contribution in [3.63, 3.8) is 0 Å². The molecule has 170 valence electrons. The second-order valence-electron chi connectivity index (χ2n) is 8.08. The van der Waals surface area contributed by atoms with Crippen LogP contribution in [0.5, 0.6) is 11.5 Å². The van der Waals surface area contributed by atoms with Crippen molar-refractivity contribution in [2.75, 3.05) is 13.7 Å². The van der Waals surface area contributed by atoms with Gasteiger partial charge in [-0.25, -0.2) is 0 Å². The third-order valence-electron chi connectivity index (χ3n) is 5.91. The molecule has 0 fully saturated rings. The Balaban J connectivity index is 1.51. The normalized spacial score (nSPS) is 10.8. The Morgan fingerprint density at radius 3 is 2.42 bits per heavy atom. The number of para-hydroxylation sites is 1. The molecule has 1 heterocycles. The number of aromatic amines is 1. The Hall–Kier alpha value is -3.73. The first-order chi connectivity index (χ1) is 16.3. The Kier molecular flexibility index (Phi) is 7.64. The van der Waals surface area contributed by atoms with Crippen LogP contribution in [-0.4, -0.2) is 25.0 Å². The molecule has 5 nitrogen and oxygen atoms in total. The molecule has 0 spiro atoms. The molecule has 0 aliphatic rings. The summed E-state index contributed by atoms with van der Waals surface area (Å²) in [5.74, 6) is 1.46. The van der Waals surface area contributed by atoms with Crippen LogP contribution in [0.4, 0.5) is 0 Å². The van der Waals surface area contributed by atoms with E-state index in [0.29, 0.717) is 18.9 Å². The van der Waals surface area contributed by atoms with Crippen molar-refractivity contribution < 1.29 is 14.3 Å². The van der Waals surface area contributed by atoms with Crippen LogP contribution < -0.4 is 14.8 Å². The highest BCUT2D eigenvalue weighted by Crippen LogP contribution is 2.33. The maximum atomic E-state index is 10.7. The maximum Gasteiger partial charge on any atom is 0.207 e. The van der Waals surface area contributed by atoms with E-state index in [-0.39, 0.29) is 0 Å². The Morgan fingerprint density at radius 2 is 1.61 bits per heavy atom.